The van der Waals surface area contributed by atoms with Crippen molar-refractivity contribution in [3.05, 3.63) is 47.5 Å². The number of likely N-dealkylation sites (N-methyl/N-ethyl adjacent to an activating group) is 1. The van der Waals surface area contributed by atoms with E-state index in [2.05, 4.69) is 48.6 Å². The molecule has 0 spiro atoms. The summed E-state index contributed by atoms with van der Waals surface area (Å²) in [6.07, 6.45) is 0. The van der Waals surface area contributed by atoms with E-state index in [1.54, 1.807) is 0 Å². The molecule has 0 aromatic heterocycles. The monoisotopic (exact) mass is 215 g/mol. The number of aliphatic hydroxyl groups is 1. The molecule has 16 heavy (non-hydrogen) atoms. The summed E-state index contributed by atoms with van der Waals surface area (Å²) < 4.78 is 0. The Labute approximate surface area is 95.9 Å². The Balaban J connectivity index is 2.47. The number of aryl methyl sites for hydroxylation is 1. The minimum atomic E-state index is 0.0192. The summed E-state index contributed by atoms with van der Waals surface area (Å²) in [7, 11) is 1.86. The zero-order valence-corrected chi connectivity index (χ0v) is 9.70. The Morgan fingerprint density at radius 1 is 1.12 bits per heavy atom. The number of fused-ring (bicyclic) bond motifs is 1. The molecule has 0 saturated heterocycles. The zero-order valence-electron chi connectivity index (χ0n) is 9.70. The van der Waals surface area contributed by atoms with Crippen LogP contribution in [0.25, 0.3) is 10.8 Å². The fourth-order valence-corrected chi connectivity index (χ4v) is 1.96. The first-order valence-electron chi connectivity index (χ1n) is 5.53. The van der Waals surface area contributed by atoms with E-state index in [9.17, 15) is 5.11 Å². The van der Waals surface area contributed by atoms with Crippen molar-refractivity contribution in [2.45, 2.75) is 13.0 Å². The standard InChI is InChI=1S/C14H17NO/c1-10-3-4-12-8-13(14(9-16)15-2)6-5-11(12)7-10/h3-8,14-16H,9H2,1-2H3. The number of hydrogen-bond acceptors (Lipinski definition) is 2. The molecule has 2 N–H and O–H groups in total. The average molecular weight is 215 g/mol. The third-order valence-corrected chi connectivity index (χ3v) is 2.95. The first kappa shape index (κ1) is 11.1. The number of benzene rings is 2. The molecular weight excluding hydrogens is 198 g/mol. The van der Waals surface area contributed by atoms with Crippen LogP contribution in [0.1, 0.15) is 17.2 Å². The molecule has 2 heteroatoms. The first-order valence-corrected chi connectivity index (χ1v) is 5.53. The van der Waals surface area contributed by atoms with Crippen molar-refractivity contribution < 1.29 is 5.11 Å². The van der Waals surface area contributed by atoms with Crippen LogP contribution in [0.5, 0.6) is 0 Å². The van der Waals surface area contributed by atoms with Crippen LogP contribution in [0.15, 0.2) is 36.4 Å². The van der Waals surface area contributed by atoms with Crippen LogP contribution in [0.4, 0.5) is 0 Å². The Hall–Kier alpha value is -1.38. The van der Waals surface area contributed by atoms with Crippen LogP contribution in [0.3, 0.4) is 0 Å². The van der Waals surface area contributed by atoms with Crippen LogP contribution in [-0.2, 0) is 0 Å². The van der Waals surface area contributed by atoms with Crippen molar-refractivity contribution in [2.75, 3.05) is 13.7 Å². The highest BCUT2D eigenvalue weighted by molar-refractivity contribution is 5.83. The Morgan fingerprint density at radius 3 is 2.50 bits per heavy atom. The lowest BCUT2D eigenvalue weighted by Crippen LogP contribution is -2.19. The lowest BCUT2D eigenvalue weighted by atomic mass is 10.0. The second-order valence-corrected chi connectivity index (χ2v) is 4.13. The Kier molecular flexibility index (Phi) is 3.22. The van der Waals surface area contributed by atoms with Crippen molar-refractivity contribution in [1.82, 2.24) is 5.32 Å². The number of rotatable bonds is 3. The van der Waals surface area contributed by atoms with Crippen molar-refractivity contribution in [2.24, 2.45) is 0 Å². The van der Waals surface area contributed by atoms with Gasteiger partial charge in [-0.15, -0.1) is 0 Å². The maximum Gasteiger partial charge on any atom is 0.0626 e. The van der Waals surface area contributed by atoms with Gasteiger partial charge in [-0.25, -0.2) is 0 Å². The second-order valence-electron chi connectivity index (χ2n) is 4.13. The molecule has 1 atom stereocenters. The van der Waals surface area contributed by atoms with Crippen molar-refractivity contribution in [3.63, 3.8) is 0 Å². The smallest absolute Gasteiger partial charge is 0.0626 e. The molecule has 0 aliphatic carbocycles. The molecule has 1 unspecified atom stereocenters. The molecule has 84 valence electrons. The summed E-state index contributed by atoms with van der Waals surface area (Å²) in [5.74, 6) is 0. The van der Waals surface area contributed by atoms with E-state index in [4.69, 9.17) is 0 Å². The molecular formula is C14H17NO. The highest BCUT2D eigenvalue weighted by Crippen LogP contribution is 2.21. The molecule has 2 aromatic carbocycles. The maximum atomic E-state index is 9.23. The average Bonchev–Trinajstić information content (AvgIpc) is 2.31. The largest absolute Gasteiger partial charge is 0.394 e. The number of aliphatic hydroxyl groups excluding tert-OH is 1. The van der Waals surface area contributed by atoms with E-state index in [0.29, 0.717) is 0 Å². The van der Waals surface area contributed by atoms with E-state index >= 15 is 0 Å². The van der Waals surface area contributed by atoms with Crippen LogP contribution < -0.4 is 5.32 Å². The fraction of sp³-hybridized carbons (Fsp3) is 0.286. The van der Waals surface area contributed by atoms with E-state index in [-0.39, 0.29) is 12.6 Å². The zero-order chi connectivity index (χ0) is 11.5. The van der Waals surface area contributed by atoms with E-state index in [0.717, 1.165) is 5.56 Å². The van der Waals surface area contributed by atoms with E-state index in [1.165, 1.54) is 16.3 Å². The predicted molar refractivity (Wildman–Crippen MR) is 67.6 cm³/mol. The Morgan fingerprint density at radius 2 is 1.81 bits per heavy atom. The molecule has 2 aromatic rings. The molecule has 0 saturated carbocycles. The fourth-order valence-electron chi connectivity index (χ4n) is 1.96. The SMILES string of the molecule is CNC(CO)c1ccc2cc(C)ccc2c1. The van der Waals surface area contributed by atoms with Crippen molar-refractivity contribution in [1.29, 1.82) is 0 Å². The van der Waals surface area contributed by atoms with Gasteiger partial charge in [-0.05, 0) is 36.4 Å². The summed E-state index contributed by atoms with van der Waals surface area (Å²) in [6.45, 7) is 2.21. The quantitative estimate of drug-likeness (QED) is 0.824. The van der Waals surface area contributed by atoms with Gasteiger partial charge < -0.3 is 10.4 Å². The first-order chi connectivity index (χ1) is 7.74. The lowest BCUT2D eigenvalue weighted by Gasteiger charge is -2.14. The topological polar surface area (TPSA) is 32.3 Å². The summed E-state index contributed by atoms with van der Waals surface area (Å²) >= 11 is 0. The molecule has 2 rings (SSSR count). The summed E-state index contributed by atoms with van der Waals surface area (Å²) in [4.78, 5) is 0. The summed E-state index contributed by atoms with van der Waals surface area (Å²) in [6, 6.07) is 12.7. The molecule has 0 heterocycles. The summed E-state index contributed by atoms with van der Waals surface area (Å²) in [5.41, 5.74) is 2.40. The highest BCUT2D eigenvalue weighted by atomic mass is 16.3. The van der Waals surface area contributed by atoms with Gasteiger partial charge in [0.05, 0.1) is 12.6 Å². The highest BCUT2D eigenvalue weighted by Gasteiger charge is 2.07. The Bertz CT molecular complexity index is 489. The van der Waals surface area contributed by atoms with Crippen LogP contribution in [-0.4, -0.2) is 18.8 Å². The second kappa shape index (κ2) is 4.64. The molecule has 0 aliphatic rings. The van der Waals surface area contributed by atoms with Gasteiger partial charge in [0.15, 0.2) is 0 Å². The molecule has 2 nitrogen and oxygen atoms in total. The van der Waals surface area contributed by atoms with Crippen LogP contribution >= 0.6 is 0 Å². The van der Waals surface area contributed by atoms with E-state index < -0.39 is 0 Å². The molecule has 0 fully saturated rings. The number of hydrogen-bond donors (Lipinski definition) is 2. The third-order valence-electron chi connectivity index (χ3n) is 2.95. The van der Waals surface area contributed by atoms with E-state index in [1.807, 2.05) is 7.05 Å². The maximum absolute atomic E-state index is 9.23. The van der Waals surface area contributed by atoms with Gasteiger partial charge in [0.1, 0.15) is 0 Å². The van der Waals surface area contributed by atoms with Gasteiger partial charge in [0, 0.05) is 0 Å². The third kappa shape index (κ3) is 2.08. The lowest BCUT2D eigenvalue weighted by molar-refractivity contribution is 0.251. The number of nitrogens with one attached hydrogen (secondary N) is 1. The van der Waals surface area contributed by atoms with Gasteiger partial charge in [-0.2, -0.15) is 0 Å². The summed E-state index contributed by atoms with van der Waals surface area (Å²) in [5, 5.41) is 14.8. The van der Waals surface area contributed by atoms with Crippen LogP contribution in [0.2, 0.25) is 0 Å². The van der Waals surface area contributed by atoms with Gasteiger partial charge in [0.25, 0.3) is 0 Å². The minimum Gasteiger partial charge on any atom is -0.394 e. The normalized spacial score (nSPS) is 12.9. The molecule has 0 bridgehead atoms. The molecule has 0 aliphatic heterocycles. The van der Waals surface area contributed by atoms with Gasteiger partial charge in [-0.3, -0.25) is 0 Å². The van der Waals surface area contributed by atoms with Gasteiger partial charge in [-0.1, -0.05) is 35.9 Å². The van der Waals surface area contributed by atoms with Gasteiger partial charge >= 0.3 is 0 Å². The van der Waals surface area contributed by atoms with Crippen molar-refractivity contribution >= 4 is 10.8 Å². The van der Waals surface area contributed by atoms with Gasteiger partial charge in [0.2, 0.25) is 0 Å². The predicted octanol–water partition coefficient (Wildman–Crippen LogP) is 2.40. The van der Waals surface area contributed by atoms with Crippen LogP contribution in [0, 0.1) is 6.92 Å². The molecule has 0 radical (unpaired) electrons. The molecule has 0 amide bonds. The van der Waals surface area contributed by atoms with Crippen molar-refractivity contribution in [3.8, 4) is 0 Å². The minimum absolute atomic E-state index is 0.0192.